The lowest BCUT2D eigenvalue weighted by Gasteiger charge is -2.28. The predicted molar refractivity (Wildman–Crippen MR) is 62.8 cm³/mol. The van der Waals surface area contributed by atoms with Crippen LogP contribution in [0.4, 0.5) is 0 Å². The first-order chi connectivity index (χ1) is 7.19. The quantitative estimate of drug-likeness (QED) is 0.457. The Hall–Kier alpha value is -0.830. The second kappa shape index (κ2) is 8.48. The van der Waals surface area contributed by atoms with Gasteiger partial charge in [0, 0.05) is 12.6 Å². The summed E-state index contributed by atoms with van der Waals surface area (Å²) in [5, 5.41) is 0. The summed E-state index contributed by atoms with van der Waals surface area (Å²) in [6.45, 7) is 11.4. The molecular weight excluding hydrogens is 190 g/mol. The van der Waals surface area contributed by atoms with Crippen molar-refractivity contribution in [3.63, 3.8) is 0 Å². The highest BCUT2D eigenvalue weighted by Crippen LogP contribution is 2.08. The first kappa shape index (κ1) is 14.2. The van der Waals surface area contributed by atoms with E-state index in [1.54, 1.807) is 0 Å². The zero-order valence-electron chi connectivity index (χ0n) is 10.2. The Labute approximate surface area is 93.1 Å². The first-order valence-electron chi connectivity index (χ1n) is 5.70. The van der Waals surface area contributed by atoms with Crippen LogP contribution in [0.5, 0.6) is 0 Å². The molecule has 0 aliphatic carbocycles. The summed E-state index contributed by atoms with van der Waals surface area (Å²) < 4.78 is 4.94. The Morgan fingerprint density at radius 3 is 2.40 bits per heavy atom. The van der Waals surface area contributed by atoms with Crippen LogP contribution in [-0.2, 0) is 9.53 Å². The molecule has 0 radical (unpaired) electrons. The van der Waals surface area contributed by atoms with Gasteiger partial charge in [-0.15, -0.1) is 6.58 Å². The van der Waals surface area contributed by atoms with Crippen molar-refractivity contribution in [2.75, 3.05) is 19.7 Å². The van der Waals surface area contributed by atoms with E-state index >= 15 is 0 Å². The number of nitrogens with zero attached hydrogens (tertiary/aromatic N) is 1. The number of carbonyl (C=O) groups is 1. The molecule has 0 rings (SSSR count). The number of ether oxygens (including phenoxy) is 1. The van der Waals surface area contributed by atoms with Crippen molar-refractivity contribution in [3.8, 4) is 0 Å². The van der Waals surface area contributed by atoms with Crippen molar-refractivity contribution in [2.45, 2.75) is 39.7 Å². The maximum atomic E-state index is 11.4. The average Bonchev–Trinajstić information content (AvgIpc) is 2.20. The molecular formula is C12H23NO2. The van der Waals surface area contributed by atoms with Crippen molar-refractivity contribution in [3.05, 3.63) is 12.7 Å². The van der Waals surface area contributed by atoms with E-state index in [-0.39, 0.29) is 5.97 Å². The molecule has 0 saturated carbocycles. The standard InChI is InChI=1S/C12H23NO2/c1-5-9-13(11(6-2)7-3)10-12(14)15-8-4/h5,11H,1,6-10H2,2-4H3. The summed E-state index contributed by atoms with van der Waals surface area (Å²) in [7, 11) is 0. The van der Waals surface area contributed by atoms with E-state index in [0.717, 1.165) is 19.4 Å². The first-order valence-corrected chi connectivity index (χ1v) is 5.70. The second-order valence-electron chi connectivity index (χ2n) is 3.49. The van der Waals surface area contributed by atoms with E-state index in [0.29, 0.717) is 19.2 Å². The van der Waals surface area contributed by atoms with Crippen molar-refractivity contribution in [1.29, 1.82) is 0 Å². The average molecular weight is 213 g/mol. The predicted octanol–water partition coefficient (Wildman–Crippen LogP) is 2.23. The van der Waals surface area contributed by atoms with Gasteiger partial charge in [0.05, 0.1) is 13.2 Å². The van der Waals surface area contributed by atoms with Gasteiger partial charge in [-0.05, 0) is 19.8 Å². The molecule has 0 unspecified atom stereocenters. The molecule has 0 atom stereocenters. The number of rotatable bonds is 8. The fourth-order valence-corrected chi connectivity index (χ4v) is 1.69. The molecule has 88 valence electrons. The van der Waals surface area contributed by atoms with Crippen molar-refractivity contribution < 1.29 is 9.53 Å². The van der Waals surface area contributed by atoms with Crippen LogP contribution in [0.1, 0.15) is 33.6 Å². The third-order valence-electron chi connectivity index (χ3n) is 2.46. The molecule has 0 aliphatic rings. The Bertz CT molecular complexity index is 188. The molecule has 3 nitrogen and oxygen atoms in total. The maximum absolute atomic E-state index is 11.4. The maximum Gasteiger partial charge on any atom is 0.320 e. The molecule has 0 spiro atoms. The van der Waals surface area contributed by atoms with Gasteiger partial charge in [0.25, 0.3) is 0 Å². The van der Waals surface area contributed by atoms with E-state index in [2.05, 4.69) is 25.3 Å². The molecule has 0 bridgehead atoms. The van der Waals surface area contributed by atoms with Gasteiger partial charge in [-0.1, -0.05) is 19.9 Å². The van der Waals surface area contributed by atoms with Gasteiger partial charge in [0.1, 0.15) is 0 Å². The van der Waals surface area contributed by atoms with E-state index in [1.165, 1.54) is 0 Å². The molecule has 0 heterocycles. The summed E-state index contributed by atoms with van der Waals surface area (Å²) in [5.74, 6) is -0.147. The third kappa shape index (κ3) is 5.57. The SMILES string of the molecule is C=CCN(CC(=O)OCC)C(CC)CC. The van der Waals surface area contributed by atoms with Crippen molar-refractivity contribution in [1.82, 2.24) is 4.90 Å². The monoisotopic (exact) mass is 213 g/mol. The van der Waals surface area contributed by atoms with E-state index in [9.17, 15) is 4.79 Å². The number of hydrogen-bond acceptors (Lipinski definition) is 3. The van der Waals surface area contributed by atoms with E-state index < -0.39 is 0 Å². The van der Waals surface area contributed by atoms with Crippen molar-refractivity contribution in [2.24, 2.45) is 0 Å². The second-order valence-corrected chi connectivity index (χ2v) is 3.49. The molecule has 15 heavy (non-hydrogen) atoms. The minimum absolute atomic E-state index is 0.147. The normalized spacial score (nSPS) is 10.7. The number of esters is 1. The molecule has 0 aromatic heterocycles. The van der Waals surface area contributed by atoms with Gasteiger partial charge in [-0.3, -0.25) is 9.69 Å². The molecule has 0 aliphatic heterocycles. The summed E-state index contributed by atoms with van der Waals surface area (Å²) in [4.78, 5) is 13.5. The molecule has 0 amide bonds. The van der Waals surface area contributed by atoms with E-state index in [1.807, 2.05) is 13.0 Å². The summed E-state index contributed by atoms with van der Waals surface area (Å²) in [6, 6.07) is 0.437. The summed E-state index contributed by atoms with van der Waals surface area (Å²) in [6.07, 6.45) is 3.92. The lowest BCUT2D eigenvalue weighted by atomic mass is 10.1. The van der Waals surface area contributed by atoms with Gasteiger partial charge < -0.3 is 4.74 Å². The molecule has 0 aromatic carbocycles. The zero-order valence-corrected chi connectivity index (χ0v) is 10.2. The summed E-state index contributed by atoms with van der Waals surface area (Å²) in [5.41, 5.74) is 0. The Morgan fingerprint density at radius 1 is 1.40 bits per heavy atom. The smallest absolute Gasteiger partial charge is 0.320 e. The van der Waals surface area contributed by atoms with Crippen LogP contribution in [-0.4, -0.2) is 36.6 Å². The highest BCUT2D eigenvalue weighted by molar-refractivity contribution is 5.71. The highest BCUT2D eigenvalue weighted by atomic mass is 16.5. The zero-order chi connectivity index (χ0) is 11.7. The van der Waals surface area contributed by atoms with Gasteiger partial charge in [-0.2, -0.15) is 0 Å². The Kier molecular flexibility index (Phi) is 8.01. The molecule has 3 heteroatoms. The van der Waals surface area contributed by atoms with Crippen LogP contribution in [0.15, 0.2) is 12.7 Å². The number of hydrogen-bond donors (Lipinski definition) is 0. The van der Waals surface area contributed by atoms with E-state index in [4.69, 9.17) is 4.74 Å². The van der Waals surface area contributed by atoms with Gasteiger partial charge >= 0.3 is 5.97 Å². The third-order valence-corrected chi connectivity index (χ3v) is 2.46. The van der Waals surface area contributed by atoms with Crippen LogP contribution >= 0.6 is 0 Å². The number of carbonyl (C=O) groups excluding carboxylic acids is 1. The van der Waals surface area contributed by atoms with Gasteiger partial charge in [0.2, 0.25) is 0 Å². The lowest BCUT2D eigenvalue weighted by molar-refractivity contribution is -0.144. The molecule has 0 N–H and O–H groups in total. The topological polar surface area (TPSA) is 29.5 Å². The Morgan fingerprint density at radius 2 is 2.00 bits per heavy atom. The largest absolute Gasteiger partial charge is 0.465 e. The molecule has 0 saturated heterocycles. The van der Waals surface area contributed by atoms with Crippen LogP contribution in [0.3, 0.4) is 0 Å². The van der Waals surface area contributed by atoms with Crippen molar-refractivity contribution >= 4 is 5.97 Å². The lowest BCUT2D eigenvalue weighted by Crippen LogP contribution is -2.39. The summed E-state index contributed by atoms with van der Waals surface area (Å²) >= 11 is 0. The fraction of sp³-hybridized carbons (Fsp3) is 0.750. The van der Waals surface area contributed by atoms with Crippen LogP contribution in [0, 0.1) is 0 Å². The molecule has 0 fully saturated rings. The minimum atomic E-state index is -0.147. The molecule has 0 aromatic rings. The fourth-order valence-electron chi connectivity index (χ4n) is 1.69. The highest BCUT2D eigenvalue weighted by Gasteiger charge is 2.17. The Balaban J connectivity index is 4.24. The van der Waals surface area contributed by atoms with Gasteiger partial charge in [0.15, 0.2) is 0 Å². The minimum Gasteiger partial charge on any atom is -0.465 e. The van der Waals surface area contributed by atoms with Crippen LogP contribution in [0.2, 0.25) is 0 Å². The van der Waals surface area contributed by atoms with Crippen LogP contribution in [0.25, 0.3) is 0 Å². The van der Waals surface area contributed by atoms with Gasteiger partial charge in [-0.25, -0.2) is 0 Å². The van der Waals surface area contributed by atoms with Crippen LogP contribution < -0.4 is 0 Å².